The molecule has 1 fully saturated rings. The second-order valence-electron chi connectivity index (χ2n) is 17.8. The highest BCUT2D eigenvalue weighted by Gasteiger charge is 2.38. The number of unbranched alkanes of at least 4 members (excludes halogenated alkanes) is 2. The SMILES string of the molecule is C=COCC(COC(=O)C(=O)CCOC)(COC(=O)C(=O)CCOC)COc1ccc(-c2ccc(-c3ccc(C4CCC(CCCCC)CC4)cc3F)cc2CC)cc1CCCOC(=O)C(=C)C. The number of hydrogen-bond acceptors (Lipinski definition) is 12. The molecule has 0 aliphatic heterocycles. The van der Waals surface area contributed by atoms with Crippen LogP contribution in [0.3, 0.4) is 0 Å². The lowest BCUT2D eigenvalue weighted by molar-refractivity contribution is -0.166. The fraction of sp³-hybridized carbons (Fsp3) is 0.509. The zero-order chi connectivity index (χ0) is 49.5. The Balaban J connectivity index is 1.64. The van der Waals surface area contributed by atoms with Crippen LogP contribution in [0.1, 0.15) is 114 Å². The van der Waals surface area contributed by atoms with Gasteiger partial charge in [0.05, 0.1) is 26.1 Å². The number of carbonyl (C=O) groups excluding carboxylic acids is 5. The molecular formula is C55H71FO12. The Bertz CT molecular complexity index is 2140. The maximum absolute atomic E-state index is 16.0. The van der Waals surface area contributed by atoms with Gasteiger partial charge >= 0.3 is 17.9 Å². The first-order chi connectivity index (χ1) is 32.8. The molecule has 0 amide bonds. The van der Waals surface area contributed by atoms with E-state index in [1.54, 1.807) is 19.1 Å². The highest BCUT2D eigenvalue weighted by Crippen LogP contribution is 2.40. The van der Waals surface area contributed by atoms with E-state index >= 15 is 4.39 Å². The maximum Gasteiger partial charge on any atom is 0.374 e. The van der Waals surface area contributed by atoms with E-state index in [2.05, 4.69) is 33.1 Å². The second kappa shape index (κ2) is 28.6. The summed E-state index contributed by atoms with van der Waals surface area (Å²) in [4.78, 5) is 62.8. The van der Waals surface area contributed by atoms with Gasteiger partial charge in [-0.05, 0) is 115 Å². The van der Waals surface area contributed by atoms with Gasteiger partial charge in [0.15, 0.2) is 0 Å². The summed E-state index contributed by atoms with van der Waals surface area (Å²) < 4.78 is 54.2. The van der Waals surface area contributed by atoms with E-state index in [1.807, 2.05) is 36.4 Å². The molecule has 0 N–H and O–H groups in total. The number of benzene rings is 3. The van der Waals surface area contributed by atoms with Crippen molar-refractivity contribution in [2.75, 3.05) is 60.5 Å². The van der Waals surface area contributed by atoms with E-state index in [1.165, 1.54) is 52.7 Å². The second-order valence-corrected chi connectivity index (χ2v) is 17.8. The molecule has 1 aliphatic rings. The molecule has 0 aromatic heterocycles. The van der Waals surface area contributed by atoms with E-state index in [4.69, 9.17) is 33.2 Å². The van der Waals surface area contributed by atoms with E-state index in [0.717, 1.165) is 58.4 Å². The Hall–Kier alpha value is -5.66. The number of rotatable bonds is 31. The molecule has 370 valence electrons. The summed E-state index contributed by atoms with van der Waals surface area (Å²) in [5.74, 6) is -3.09. The van der Waals surface area contributed by atoms with Gasteiger partial charge in [-0.25, -0.2) is 18.8 Å². The third-order valence-corrected chi connectivity index (χ3v) is 12.4. The molecule has 1 aliphatic carbocycles. The quantitative estimate of drug-likeness (QED) is 0.0151. The van der Waals surface area contributed by atoms with Crippen LogP contribution in [0.4, 0.5) is 4.39 Å². The van der Waals surface area contributed by atoms with Gasteiger partial charge < -0.3 is 33.2 Å². The number of halogens is 1. The third kappa shape index (κ3) is 16.8. The highest BCUT2D eigenvalue weighted by atomic mass is 19.1. The Labute approximate surface area is 401 Å². The zero-order valence-electron chi connectivity index (χ0n) is 40.8. The van der Waals surface area contributed by atoms with Crippen LogP contribution in [0.15, 0.2) is 79.6 Å². The first-order valence-corrected chi connectivity index (χ1v) is 23.9. The fourth-order valence-electron chi connectivity index (χ4n) is 8.36. The molecule has 68 heavy (non-hydrogen) atoms. The smallest absolute Gasteiger partial charge is 0.374 e. The zero-order valence-corrected chi connectivity index (χ0v) is 40.8. The van der Waals surface area contributed by atoms with Crippen molar-refractivity contribution in [3.05, 3.63) is 102 Å². The fourth-order valence-corrected chi connectivity index (χ4v) is 8.36. The molecule has 12 nitrogen and oxygen atoms in total. The summed E-state index contributed by atoms with van der Waals surface area (Å²) in [6, 6.07) is 17.4. The summed E-state index contributed by atoms with van der Waals surface area (Å²) in [5, 5.41) is 0. The lowest BCUT2D eigenvalue weighted by atomic mass is 9.77. The minimum atomic E-state index is -1.44. The monoisotopic (exact) mass is 942 g/mol. The highest BCUT2D eigenvalue weighted by molar-refractivity contribution is 6.34. The van der Waals surface area contributed by atoms with Crippen LogP contribution in [0.5, 0.6) is 5.75 Å². The minimum Gasteiger partial charge on any atom is -0.501 e. The number of methoxy groups -OCH3 is 2. The number of hydrogen-bond donors (Lipinski definition) is 0. The van der Waals surface area contributed by atoms with Gasteiger partial charge in [0.2, 0.25) is 11.6 Å². The molecule has 1 saturated carbocycles. The molecule has 0 heterocycles. The Morgan fingerprint density at radius 2 is 1.32 bits per heavy atom. The average molecular weight is 943 g/mol. The topological polar surface area (TPSA) is 150 Å². The van der Waals surface area contributed by atoms with Crippen LogP contribution < -0.4 is 4.74 Å². The van der Waals surface area contributed by atoms with Crippen molar-refractivity contribution in [1.82, 2.24) is 0 Å². The predicted molar refractivity (Wildman–Crippen MR) is 259 cm³/mol. The Kier molecular flexibility index (Phi) is 23.1. The number of esters is 3. The van der Waals surface area contributed by atoms with Gasteiger partial charge in [-0.3, -0.25) is 9.59 Å². The third-order valence-electron chi connectivity index (χ3n) is 12.4. The van der Waals surface area contributed by atoms with Gasteiger partial charge in [-0.2, -0.15) is 0 Å². The lowest BCUT2D eigenvalue weighted by Gasteiger charge is -2.32. The van der Waals surface area contributed by atoms with E-state index in [0.29, 0.717) is 36.5 Å². The van der Waals surface area contributed by atoms with Crippen molar-refractivity contribution in [1.29, 1.82) is 0 Å². The van der Waals surface area contributed by atoms with Crippen LogP contribution in [-0.2, 0) is 65.2 Å². The largest absolute Gasteiger partial charge is 0.501 e. The summed E-state index contributed by atoms with van der Waals surface area (Å²) in [7, 11) is 2.79. The summed E-state index contributed by atoms with van der Waals surface area (Å²) >= 11 is 0. The summed E-state index contributed by atoms with van der Waals surface area (Å²) in [6.07, 6.45) is 11.9. The maximum atomic E-state index is 16.0. The van der Waals surface area contributed by atoms with Gasteiger partial charge in [-0.1, -0.05) is 89.1 Å². The van der Waals surface area contributed by atoms with Crippen molar-refractivity contribution in [2.24, 2.45) is 11.3 Å². The molecule has 0 spiro atoms. The number of ether oxygens (including phenoxy) is 7. The molecule has 3 aromatic carbocycles. The van der Waals surface area contributed by atoms with Crippen molar-refractivity contribution >= 4 is 29.5 Å². The standard InChI is InChI=1S/C55H71FO12/c1-8-11-12-14-39-16-18-41(19-17-39)42-20-24-47(48(56)33-42)44-21-23-46(40(9-2)31-44)43-22-25-51(45(32-43)15-13-28-65-52(59)38(4)5)66-35-55(34-64-10-3,36-67-53(60)49(57)26-29-62-6)37-68-54(61)50(58)27-30-63-7/h10,20-25,31-33,39,41H,3-4,8-9,11-19,26-30,34-37H2,1-2,5-7H3. The van der Waals surface area contributed by atoms with E-state index < -0.39 is 48.1 Å². The Morgan fingerprint density at radius 3 is 1.91 bits per heavy atom. The van der Waals surface area contributed by atoms with Crippen molar-refractivity contribution in [2.45, 2.75) is 110 Å². The number of Topliss-reactive ketones (excluding diaryl/α,β-unsaturated/α-hetero) is 2. The molecule has 0 saturated heterocycles. The summed E-state index contributed by atoms with van der Waals surface area (Å²) in [5.41, 5.74) is 4.78. The molecule has 0 radical (unpaired) electrons. The Morgan fingerprint density at radius 1 is 0.706 bits per heavy atom. The molecule has 3 aromatic rings. The lowest BCUT2D eigenvalue weighted by Crippen LogP contribution is -2.44. The number of ketones is 2. The number of carbonyl (C=O) groups is 5. The molecule has 13 heteroatoms. The number of aryl methyl sites for hydroxylation is 2. The molecule has 0 bridgehead atoms. The van der Waals surface area contributed by atoms with Crippen LogP contribution in [0, 0.1) is 17.2 Å². The van der Waals surface area contributed by atoms with Crippen molar-refractivity contribution < 1.29 is 61.5 Å². The molecule has 0 atom stereocenters. The van der Waals surface area contributed by atoms with Crippen LogP contribution in [0.25, 0.3) is 22.3 Å². The van der Waals surface area contributed by atoms with Crippen LogP contribution >= 0.6 is 0 Å². The first kappa shape index (κ1) is 54.9. The van der Waals surface area contributed by atoms with Gasteiger partial charge in [0.25, 0.3) is 0 Å². The minimum absolute atomic E-state index is 0.00438. The van der Waals surface area contributed by atoms with Crippen LogP contribution in [-0.4, -0.2) is 89.9 Å². The van der Waals surface area contributed by atoms with Gasteiger partial charge in [0.1, 0.15) is 43.4 Å². The van der Waals surface area contributed by atoms with E-state index in [-0.39, 0.29) is 57.3 Å². The predicted octanol–water partition coefficient (Wildman–Crippen LogP) is 10.5. The summed E-state index contributed by atoms with van der Waals surface area (Å²) in [6.45, 7) is 11.7. The van der Waals surface area contributed by atoms with Gasteiger partial charge in [0, 0.05) is 38.2 Å². The first-order valence-electron chi connectivity index (χ1n) is 23.9. The molecule has 4 rings (SSSR count). The average Bonchev–Trinajstić information content (AvgIpc) is 3.35. The van der Waals surface area contributed by atoms with Crippen LogP contribution in [0.2, 0.25) is 0 Å². The normalized spacial score (nSPS) is 14.7. The van der Waals surface area contributed by atoms with E-state index in [9.17, 15) is 24.0 Å². The van der Waals surface area contributed by atoms with Crippen molar-refractivity contribution in [3.8, 4) is 28.0 Å². The van der Waals surface area contributed by atoms with Gasteiger partial charge in [-0.15, -0.1) is 0 Å². The van der Waals surface area contributed by atoms with Crippen molar-refractivity contribution in [3.63, 3.8) is 0 Å². The molecule has 0 unspecified atom stereocenters. The molecular weight excluding hydrogens is 872 g/mol.